The summed E-state index contributed by atoms with van der Waals surface area (Å²) in [7, 11) is 0. The summed E-state index contributed by atoms with van der Waals surface area (Å²) in [6, 6.07) is 4.22. The van der Waals surface area contributed by atoms with Crippen LogP contribution in [0.4, 0.5) is 0 Å². The van der Waals surface area contributed by atoms with Gasteiger partial charge in [0.05, 0.1) is 12.7 Å². The highest BCUT2D eigenvalue weighted by molar-refractivity contribution is 7.10. The van der Waals surface area contributed by atoms with E-state index in [-0.39, 0.29) is 6.10 Å². The predicted molar refractivity (Wildman–Crippen MR) is 59.7 cm³/mol. The molecule has 1 N–H and O–H groups in total. The van der Waals surface area contributed by atoms with Crippen molar-refractivity contribution in [1.82, 2.24) is 5.32 Å². The molecule has 1 aromatic rings. The summed E-state index contributed by atoms with van der Waals surface area (Å²) in [4.78, 5) is 1.33. The Kier molecular flexibility index (Phi) is 3.56. The van der Waals surface area contributed by atoms with Crippen molar-refractivity contribution in [2.75, 3.05) is 19.7 Å². The number of hydrogen-bond acceptors (Lipinski definition) is 3. The minimum absolute atomic E-state index is 0.260. The number of rotatable bonds is 4. The first-order valence-corrected chi connectivity index (χ1v) is 6.10. The van der Waals surface area contributed by atoms with Gasteiger partial charge in [0.1, 0.15) is 0 Å². The molecule has 3 heteroatoms. The van der Waals surface area contributed by atoms with Crippen LogP contribution in [0.3, 0.4) is 0 Å². The molecule has 0 bridgehead atoms. The molecule has 2 heterocycles. The Morgan fingerprint density at radius 2 is 2.64 bits per heavy atom. The van der Waals surface area contributed by atoms with Crippen LogP contribution >= 0.6 is 11.3 Å². The second-order valence-electron chi connectivity index (χ2n) is 3.85. The second kappa shape index (κ2) is 4.91. The van der Waals surface area contributed by atoms with Gasteiger partial charge < -0.3 is 10.1 Å². The summed E-state index contributed by atoms with van der Waals surface area (Å²) in [5, 5.41) is 5.46. The van der Waals surface area contributed by atoms with Gasteiger partial charge in [0.2, 0.25) is 0 Å². The molecular formula is C11H17NOS. The molecule has 14 heavy (non-hydrogen) atoms. The van der Waals surface area contributed by atoms with Crippen LogP contribution in [0, 0.1) is 5.92 Å². The second-order valence-corrected chi connectivity index (χ2v) is 4.83. The first kappa shape index (κ1) is 10.1. The Morgan fingerprint density at radius 3 is 3.29 bits per heavy atom. The van der Waals surface area contributed by atoms with Crippen molar-refractivity contribution < 1.29 is 4.74 Å². The normalized spacial score (nSPS) is 23.9. The molecule has 1 fully saturated rings. The standard InChI is InChI=1S/C11H17NOS/c1-9(11-3-2-6-14-11)13-8-10-4-5-12-7-10/h2-3,6,9-10,12H,4-5,7-8H2,1H3/t9-,10-/m1/s1. The van der Waals surface area contributed by atoms with E-state index >= 15 is 0 Å². The van der Waals surface area contributed by atoms with Crippen LogP contribution in [-0.4, -0.2) is 19.7 Å². The number of ether oxygens (including phenoxy) is 1. The fraction of sp³-hybridized carbons (Fsp3) is 0.636. The predicted octanol–water partition coefficient (Wildman–Crippen LogP) is 2.44. The van der Waals surface area contributed by atoms with E-state index in [0.29, 0.717) is 0 Å². The SMILES string of the molecule is C[C@@H](OC[C@@H]1CCNC1)c1cccs1. The van der Waals surface area contributed by atoms with Crippen LogP contribution in [0.25, 0.3) is 0 Å². The number of nitrogens with one attached hydrogen (secondary N) is 1. The van der Waals surface area contributed by atoms with Crippen molar-refractivity contribution in [3.63, 3.8) is 0 Å². The molecule has 78 valence electrons. The van der Waals surface area contributed by atoms with Crippen LogP contribution in [0.5, 0.6) is 0 Å². The lowest BCUT2D eigenvalue weighted by Gasteiger charge is -2.14. The van der Waals surface area contributed by atoms with E-state index in [1.54, 1.807) is 11.3 Å². The number of thiophene rings is 1. The van der Waals surface area contributed by atoms with Gasteiger partial charge >= 0.3 is 0 Å². The van der Waals surface area contributed by atoms with E-state index in [0.717, 1.165) is 25.6 Å². The topological polar surface area (TPSA) is 21.3 Å². The Bertz CT molecular complexity index is 254. The summed E-state index contributed by atoms with van der Waals surface area (Å²) < 4.78 is 5.84. The third kappa shape index (κ3) is 2.56. The highest BCUT2D eigenvalue weighted by atomic mass is 32.1. The van der Waals surface area contributed by atoms with E-state index in [4.69, 9.17) is 4.74 Å². The lowest BCUT2D eigenvalue weighted by Crippen LogP contribution is -2.14. The highest BCUT2D eigenvalue weighted by Gasteiger charge is 2.16. The van der Waals surface area contributed by atoms with Crippen LogP contribution in [0.2, 0.25) is 0 Å². The van der Waals surface area contributed by atoms with E-state index in [1.807, 2.05) is 0 Å². The summed E-state index contributed by atoms with van der Waals surface area (Å²) in [5.41, 5.74) is 0. The maximum absolute atomic E-state index is 5.84. The zero-order valence-corrected chi connectivity index (χ0v) is 9.35. The van der Waals surface area contributed by atoms with Crippen molar-refractivity contribution in [3.8, 4) is 0 Å². The quantitative estimate of drug-likeness (QED) is 0.826. The summed E-state index contributed by atoms with van der Waals surface area (Å²) >= 11 is 1.77. The molecule has 0 amide bonds. The number of hydrogen-bond donors (Lipinski definition) is 1. The third-order valence-electron chi connectivity index (χ3n) is 2.69. The minimum atomic E-state index is 0.260. The molecule has 1 aliphatic rings. The monoisotopic (exact) mass is 211 g/mol. The van der Waals surface area contributed by atoms with E-state index < -0.39 is 0 Å². The van der Waals surface area contributed by atoms with Gasteiger partial charge in [0.15, 0.2) is 0 Å². The maximum atomic E-state index is 5.84. The average Bonchev–Trinajstić information content (AvgIpc) is 2.87. The van der Waals surface area contributed by atoms with Gasteiger partial charge in [-0.15, -0.1) is 11.3 Å². The zero-order chi connectivity index (χ0) is 9.80. The Hall–Kier alpha value is -0.380. The fourth-order valence-corrected chi connectivity index (χ4v) is 2.47. The molecule has 0 unspecified atom stereocenters. The van der Waals surface area contributed by atoms with Gasteiger partial charge in [-0.25, -0.2) is 0 Å². The van der Waals surface area contributed by atoms with Crippen molar-refractivity contribution in [2.45, 2.75) is 19.4 Å². The van der Waals surface area contributed by atoms with Crippen LogP contribution in [0.1, 0.15) is 24.3 Å². The summed E-state index contributed by atoms with van der Waals surface area (Å²) in [6.07, 6.45) is 1.52. The largest absolute Gasteiger partial charge is 0.373 e. The molecule has 2 rings (SSSR count). The molecule has 0 saturated carbocycles. The van der Waals surface area contributed by atoms with Gasteiger partial charge in [0.25, 0.3) is 0 Å². The zero-order valence-electron chi connectivity index (χ0n) is 8.53. The molecule has 2 nitrogen and oxygen atoms in total. The van der Waals surface area contributed by atoms with Crippen LogP contribution < -0.4 is 5.32 Å². The average molecular weight is 211 g/mol. The van der Waals surface area contributed by atoms with Gasteiger partial charge in [-0.1, -0.05) is 6.07 Å². The van der Waals surface area contributed by atoms with Crippen molar-refractivity contribution in [2.24, 2.45) is 5.92 Å². The van der Waals surface area contributed by atoms with Crippen LogP contribution in [0.15, 0.2) is 17.5 Å². The molecule has 0 spiro atoms. The first-order valence-electron chi connectivity index (χ1n) is 5.22. The van der Waals surface area contributed by atoms with Crippen LogP contribution in [-0.2, 0) is 4.74 Å². The Morgan fingerprint density at radius 1 is 1.71 bits per heavy atom. The molecule has 1 saturated heterocycles. The minimum Gasteiger partial charge on any atom is -0.373 e. The smallest absolute Gasteiger partial charge is 0.0888 e. The maximum Gasteiger partial charge on any atom is 0.0888 e. The molecule has 2 atom stereocenters. The van der Waals surface area contributed by atoms with Crippen molar-refractivity contribution >= 4 is 11.3 Å². The molecule has 1 aromatic heterocycles. The Labute approximate surface area is 89.3 Å². The van der Waals surface area contributed by atoms with E-state index in [2.05, 4.69) is 29.8 Å². The Balaban J connectivity index is 1.74. The van der Waals surface area contributed by atoms with Gasteiger partial charge in [-0.2, -0.15) is 0 Å². The lowest BCUT2D eigenvalue weighted by molar-refractivity contribution is 0.0456. The van der Waals surface area contributed by atoms with Gasteiger partial charge in [-0.05, 0) is 37.3 Å². The van der Waals surface area contributed by atoms with Crippen molar-refractivity contribution in [3.05, 3.63) is 22.4 Å². The third-order valence-corrected chi connectivity index (χ3v) is 3.72. The summed E-state index contributed by atoms with van der Waals surface area (Å²) in [5.74, 6) is 0.720. The lowest BCUT2D eigenvalue weighted by atomic mass is 10.1. The van der Waals surface area contributed by atoms with Crippen molar-refractivity contribution in [1.29, 1.82) is 0 Å². The summed E-state index contributed by atoms with van der Waals surface area (Å²) in [6.45, 7) is 5.30. The van der Waals surface area contributed by atoms with Gasteiger partial charge in [-0.3, -0.25) is 0 Å². The molecule has 0 aromatic carbocycles. The molecule has 1 aliphatic heterocycles. The first-order chi connectivity index (χ1) is 6.86. The van der Waals surface area contributed by atoms with Gasteiger partial charge in [0, 0.05) is 11.4 Å². The molecule has 0 aliphatic carbocycles. The van der Waals surface area contributed by atoms with E-state index in [1.165, 1.54) is 11.3 Å². The van der Waals surface area contributed by atoms with E-state index in [9.17, 15) is 0 Å². The molecular weight excluding hydrogens is 194 g/mol. The molecule has 0 radical (unpaired) electrons. The highest BCUT2D eigenvalue weighted by Crippen LogP contribution is 2.23. The fourth-order valence-electron chi connectivity index (χ4n) is 1.74.